The first-order valence-electron chi connectivity index (χ1n) is 9.20. The predicted molar refractivity (Wildman–Crippen MR) is 117 cm³/mol. The summed E-state index contributed by atoms with van der Waals surface area (Å²) in [6.45, 7) is 2.74. The predicted octanol–water partition coefficient (Wildman–Crippen LogP) is 4.44. The van der Waals surface area contributed by atoms with Gasteiger partial charge in [0.15, 0.2) is 0 Å². The summed E-state index contributed by atoms with van der Waals surface area (Å²) in [6, 6.07) is 13.1. The van der Waals surface area contributed by atoms with Crippen molar-refractivity contribution in [1.29, 1.82) is 0 Å². The van der Waals surface area contributed by atoms with Crippen LogP contribution in [0.3, 0.4) is 0 Å². The molecular weight excluding hydrogens is 423 g/mol. The summed E-state index contributed by atoms with van der Waals surface area (Å²) in [5.41, 5.74) is 3.22. The quantitative estimate of drug-likeness (QED) is 0.480. The van der Waals surface area contributed by atoms with Gasteiger partial charge in [-0.15, -0.1) is 5.10 Å². The lowest BCUT2D eigenvalue weighted by Crippen LogP contribution is -2.19. The SMILES string of the molecule is Cc1nccn1Cc1ccc(-c2cn(CC(=O)Nc3cccc(Cl)c3Cl)nn2)cc1. The molecule has 4 aromatic rings. The third-order valence-electron chi connectivity index (χ3n) is 4.60. The van der Waals surface area contributed by atoms with Crippen LogP contribution in [0.4, 0.5) is 5.69 Å². The Balaban J connectivity index is 1.40. The Labute approximate surface area is 183 Å². The summed E-state index contributed by atoms with van der Waals surface area (Å²) in [4.78, 5) is 16.5. The van der Waals surface area contributed by atoms with E-state index < -0.39 is 0 Å². The molecule has 4 rings (SSSR count). The minimum atomic E-state index is -0.276. The maximum absolute atomic E-state index is 12.3. The second kappa shape index (κ2) is 8.69. The van der Waals surface area contributed by atoms with Crippen LogP contribution in [0.5, 0.6) is 0 Å². The molecule has 152 valence electrons. The Kier molecular flexibility index (Phi) is 5.83. The highest BCUT2D eigenvalue weighted by atomic mass is 35.5. The van der Waals surface area contributed by atoms with E-state index >= 15 is 0 Å². The van der Waals surface area contributed by atoms with Gasteiger partial charge in [-0.1, -0.05) is 58.7 Å². The van der Waals surface area contributed by atoms with E-state index in [2.05, 4.69) is 25.2 Å². The number of amides is 1. The van der Waals surface area contributed by atoms with Gasteiger partial charge in [0.05, 0.1) is 21.9 Å². The lowest BCUT2D eigenvalue weighted by Gasteiger charge is -2.07. The molecule has 2 aromatic carbocycles. The molecule has 2 heterocycles. The van der Waals surface area contributed by atoms with Gasteiger partial charge in [-0.3, -0.25) is 4.79 Å². The minimum Gasteiger partial charge on any atom is -0.331 e. The van der Waals surface area contributed by atoms with E-state index in [1.54, 1.807) is 30.6 Å². The number of anilines is 1. The van der Waals surface area contributed by atoms with Crippen molar-refractivity contribution in [3.63, 3.8) is 0 Å². The first-order valence-corrected chi connectivity index (χ1v) is 9.96. The fourth-order valence-corrected chi connectivity index (χ4v) is 3.34. The molecule has 30 heavy (non-hydrogen) atoms. The zero-order chi connectivity index (χ0) is 21.1. The second-order valence-electron chi connectivity index (χ2n) is 6.75. The molecule has 0 atom stereocenters. The van der Waals surface area contributed by atoms with E-state index in [0.717, 1.165) is 23.5 Å². The van der Waals surface area contributed by atoms with Crippen molar-refractivity contribution in [3.8, 4) is 11.3 Å². The second-order valence-corrected chi connectivity index (χ2v) is 7.54. The van der Waals surface area contributed by atoms with Gasteiger partial charge in [0.1, 0.15) is 18.1 Å². The number of hydrogen-bond acceptors (Lipinski definition) is 4. The highest BCUT2D eigenvalue weighted by Gasteiger charge is 2.11. The van der Waals surface area contributed by atoms with E-state index in [0.29, 0.717) is 21.4 Å². The Bertz CT molecular complexity index is 1180. The largest absolute Gasteiger partial charge is 0.331 e. The molecule has 7 nitrogen and oxygen atoms in total. The first kappa shape index (κ1) is 20.1. The Morgan fingerprint density at radius 3 is 2.67 bits per heavy atom. The molecule has 1 amide bonds. The molecule has 0 spiro atoms. The van der Waals surface area contributed by atoms with Crippen LogP contribution in [0, 0.1) is 6.92 Å². The molecule has 9 heteroatoms. The van der Waals surface area contributed by atoms with Crippen LogP contribution in [-0.4, -0.2) is 30.5 Å². The third kappa shape index (κ3) is 4.53. The van der Waals surface area contributed by atoms with Crippen LogP contribution in [0.15, 0.2) is 61.1 Å². The van der Waals surface area contributed by atoms with E-state index in [4.69, 9.17) is 23.2 Å². The lowest BCUT2D eigenvalue weighted by molar-refractivity contribution is -0.116. The van der Waals surface area contributed by atoms with Gasteiger partial charge in [0.25, 0.3) is 0 Å². The standard InChI is InChI=1S/C21H18Cl2N6O/c1-14-24-9-10-28(14)11-15-5-7-16(8-6-15)19-12-29(27-26-19)13-20(30)25-18-4-2-3-17(22)21(18)23/h2-10,12H,11,13H2,1H3,(H,25,30). The van der Waals surface area contributed by atoms with Gasteiger partial charge in [-0.2, -0.15) is 0 Å². The molecule has 0 aliphatic carbocycles. The Morgan fingerprint density at radius 2 is 1.93 bits per heavy atom. The molecule has 0 bridgehead atoms. The van der Waals surface area contributed by atoms with Gasteiger partial charge < -0.3 is 9.88 Å². The van der Waals surface area contributed by atoms with Crippen LogP contribution >= 0.6 is 23.2 Å². The van der Waals surface area contributed by atoms with Crippen LogP contribution in [-0.2, 0) is 17.9 Å². The van der Waals surface area contributed by atoms with Gasteiger partial charge in [0.2, 0.25) is 5.91 Å². The number of halogens is 2. The van der Waals surface area contributed by atoms with E-state index in [1.165, 1.54) is 4.68 Å². The number of imidazole rings is 1. The van der Waals surface area contributed by atoms with E-state index in [1.807, 2.05) is 37.4 Å². The van der Waals surface area contributed by atoms with Crippen molar-refractivity contribution in [2.24, 2.45) is 0 Å². The minimum absolute atomic E-state index is 0.00777. The molecule has 2 aromatic heterocycles. The normalized spacial score (nSPS) is 10.9. The summed E-state index contributed by atoms with van der Waals surface area (Å²) in [6.07, 6.45) is 5.48. The molecule has 1 N–H and O–H groups in total. The Morgan fingerprint density at radius 1 is 1.13 bits per heavy atom. The topological polar surface area (TPSA) is 77.6 Å². The number of aromatic nitrogens is 5. The number of carbonyl (C=O) groups excluding carboxylic acids is 1. The molecule has 0 radical (unpaired) electrons. The summed E-state index contributed by atoms with van der Waals surface area (Å²) in [5.74, 6) is 0.695. The maximum Gasteiger partial charge on any atom is 0.246 e. The van der Waals surface area contributed by atoms with Crippen molar-refractivity contribution in [1.82, 2.24) is 24.5 Å². The monoisotopic (exact) mass is 440 g/mol. The fourth-order valence-electron chi connectivity index (χ4n) is 2.99. The highest BCUT2D eigenvalue weighted by Crippen LogP contribution is 2.29. The molecular formula is C21H18Cl2N6O. The number of rotatable bonds is 6. The molecule has 0 saturated carbocycles. The molecule has 0 saturated heterocycles. The van der Waals surface area contributed by atoms with Crippen molar-refractivity contribution in [2.45, 2.75) is 20.0 Å². The fraction of sp³-hybridized carbons (Fsp3) is 0.143. The average Bonchev–Trinajstić information content (AvgIpc) is 3.35. The van der Waals surface area contributed by atoms with Gasteiger partial charge in [-0.05, 0) is 24.6 Å². The van der Waals surface area contributed by atoms with Crippen molar-refractivity contribution in [3.05, 3.63) is 82.5 Å². The number of benzene rings is 2. The van der Waals surface area contributed by atoms with Gasteiger partial charge in [-0.25, -0.2) is 9.67 Å². The Hall–Kier alpha value is -3.16. The molecule has 0 fully saturated rings. The van der Waals surface area contributed by atoms with Crippen molar-refractivity contribution in [2.75, 3.05) is 5.32 Å². The number of aryl methyl sites for hydroxylation is 1. The van der Waals surface area contributed by atoms with Crippen LogP contribution in [0.2, 0.25) is 10.0 Å². The first-order chi connectivity index (χ1) is 14.5. The summed E-state index contributed by atoms with van der Waals surface area (Å²) in [7, 11) is 0. The number of nitrogens with one attached hydrogen (secondary N) is 1. The summed E-state index contributed by atoms with van der Waals surface area (Å²) >= 11 is 12.1. The molecule has 0 aliphatic heterocycles. The summed E-state index contributed by atoms with van der Waals surface area (Å²) < 4.78 is 3.56. The number of carbonyl (C=O) groups is 1. The highest BCUT2D eigenvalue weighted by molar-refractivity contribution is 6.43. The van der Waals surface area contributed by atoms with Crippen molar-refractivity contribution >= 4 is 34.8 Å². The van der Waals surface area contributed by atoms with Crippen LogP contribution in [0.1, 0.15) is 11.4 Å². The van der Waals surface area contributed by atoms with E-state index in [-0.39, 0.29) is 12.5 Å². The van der Waals surface area contributed by atoms with Gasteiger partial charge in [0, 0.05) is 24.5 Å². The lowest BCUT2D eigenvalue weighted by atomic mass is 10.1. The molecule has 0 aliphatic rings. The summed E-state index contributed by atoms with van der Waals surface area (Å²) in [5, 5.41) is 11.6. The molecule has 0 unspecified atom stereocenters. The number of hydrogen-bond donors (Lipinski definition) is 1. The average molecular weight is 441 g/mol. The zero-order valence-electron chi connectivity index (χ0n) is 16.1. The van der Waals surface area contributed by atoms with Gasteiger partial charge >= 0.3 is 0 Å². The number of nitrogens with zero attached hydrogens (tertiary/aromatic N) is 5. The van der Waals surface area contributed by atoms with E-state index in [9.17, 15) is 4.79 Å². The van der Waals surface area contributed by atoms with Crippen LogP contribution < -0.4 is 5.32 Å². The zero-order valence-corrected chi connectivity index (χ0v) is 17.6. The van der Waals surface area contributed by atoms with Crippen molar-refractivity contribution < 1.29 is 4.79 Å². The third-order valence-corrected chi connectivity index (χ3v) is 5.42. The smallest absolute Gasteiger partial charge is 0.246 e. The van der Waals surface area contributed by atoms with Crippen LogP contribution in [0.25, 0.3) is 11.3 Å². The maximum atomic E-state index is 12.3.